The number of rotatable bonds is 10. The lowest BCUT2D eigenvalue weighted by molar-refractivity contribution is -0.898. The number of nitrogens with zero attached hydrogens (tertiary/aromatic N) is 1. The number of aryl methyl sites for hydroxylation is 1. The Bertz CT molecular complexity index is 1200. The molecule has 0 spiro atoms. The normalized spacial score (nSPS) is 12.8. The number of fused-ring (bicyclic) bond motifs is 2. The van der Waals surface area contributed by atoms with E-state index in [0.29, 0.717) is 24.2 Å². The van der Waals surface area contributed by atoms with Crippen LogP contribution in [0.25, 0.3) is 0 Å². The van der Waals surface area contributed by atoms with Crippen molar-refractivity contribution in [3.8, 4) is 0 Å². The summed E-state index contributed by atoms with van der Waals surface area (Å²) in [6.45, 7) is 10.7. The van der Waals surface area contributed by atoms with Crippen LogP contribution in [0.4, 0.5) is 5.69 Å². The Kier molecular flexibility index (Phi) is 8.83. The summed E-state index contributed by atoms with van der Waals surface area (Å²) in [6, 6.07) is 21.7. The summed E-state index contributed by atoms with van der Waals surface area (Å²) in [5.41, 5.74) is 4.27. The topological polar surface area (TPSA) is 53.9 Å². The number of hydrogen-bond donors (Lipinski definition) is 2. The third kappa shape index (κ3) is 6.18. The van der Waals surface area contributed by atoms with Gasteiger partial charge in [-0.15, -0.1) is 0 Å². The van der Waals surface area contributed by atoms with Crippen molar-refractivity contribution in [2.24, 2.45) is 0 Å². The van der Waals surface area contributed by atoms with Crippen LogP contribution in [0.3, 0.4) is 0 Å². The van der Waals surface area contributed by atoms with Crippen LogP contribution in [0.1, 0.15) is 58.5 Å². The molecule has 0 saturated heterocycles. The van der Waals surface area contributed by atoms with E-state index >= 15 is 0 Å². The summed E-state index contributed by atoms with van der Waals surface area (Å²) in [6.07, 6.45) is 2.28. The first-order chi connectivity index (χ1) is 17.5. The van der Waals surface area contributed by atoms with Crippen molar-refractivity contribution in [1.29, 1.82) is 0 Å². The first-order valence-corrected chi connectivity index (χ1v) is 13.7. The molecule has 188 valence electrons. The lowest BCUT2D eigenvalue weighted by Crippen LogP contribution is -3.12. The number of carbonyl (C=O) groups is 2. The van der Waals surface area contributed by atoms with E-state index < -0.39 is 0 Å². The second-order valence-electron chi connectivity index (χ2n) is 9.41. The number of hydrogen-bond acceptors (Lipinski definition) is 3. The van der Waals surface area contributed by atoms with Gasteiger partial charge in [-0.3, -0.25) is 9.59 Å². The van der Waals surface area contributed by atoms with E-state index in [2.05, 4.69) is 50.4 Å². The highest BCUT2D eigenvalue weighted by Crippen LogP contribution is 2.42. The molecule has 3 aromatic rings. The Morgan fingerprint density at radius 1 is 0.917 bits per heavy atom. The number of carbonyl (C=O) groups excluding carboxylic acids is 2. The molecular formula is C30H36N3O2S+. The minimum absolute atomic E-state index is 0.0478. The average Bonchev–Trinajstić information content (AvgIpc) is 2.99. The van der Waals surface area contributed by atoms with E-state index in [1.54, 1.807) is 11.8 Å². The average molecular weight is 503 g/mol. The monoisotopic (exact) mass is 502 g/mol. The van der Waals surface area contributed by atoms with Gasteiger partial charge >= 0.3 is 0 Å². The zero-order chi connectivity index (χ0) is 25.5. The molecule has 1 heterocycles. The summed E-state index contributed by atoms with van der Waals surface area (Å²) in [7, 11) is 0. The Labute approximate surface area is 218 Å². The molecule has 1 aliphatic rings. The second-order valence-corrected chi connectivity index (χ2v) is 10.5. The van der Waals surface area contributed by atoms with Gasteiger partial charge in [-0.1, -0.05) is 67.6 Å². The molecule has 2 N–H and O–H groups in total. The molecule has 0 unspecified atom stereocenters. The first kappa shape index (κ1) is 26.0. The summed E-state index contributed by atoms with van der Waals surface area (Å²) in [4.78, 5) is 32.0. The largest absolute Gasteiger partial charge is 0.346 e. The summed E-state index contributed by atoms with van der Waals surface area (Å²) >= 11 is 1.58. The van der Waals surface area contributed by atoms with Gasteiger partial charge in [0, 0.05) is 15.4 Å². The van der Waals surface area contributed by atoms with Crippen LogP contribution in [0, 0.1) is 6.92 Å². The first-order valence-electron chi connectivity index (χ1n) is 12.9. The van der Waals surface area contributed by atoms with Crippen molar-refractivity contribution >= 4 is 29.3 Å². The highest BCUT2D eigenvalue weighted by Gasteiger charge is 2.28. The van der Waals surface area contributed by atoms with Gasteiger partial charge in [-0.25, -0.2) is 0 Å². The Hall–Kier alpha value is -3.09. The predicted octanol–water partition coefficient (Wildman–Crippen LogP) is 4.74. The van der Waals surface area contributed by atoms with Crippen molar-refractivity contribution < 1.29 is 14.5 Å². The minimum Gasteiger partial charge on any atom is -0.346 e. The zero-order valence-corrected chi connectivity index (χ0v) is 22.3. The number of quaternary nitrogens is 1. The number of anilines is 1. The highest BCUT2D eigenvalue weighted by atomic mass is 32.2. The SMILES string of the molecule is CCC[NH+](CCC)CCNC(=O)c1ccc2c(c1)N(Cc1ccc(C)cc1)C(=O)c1ccccc1S2. The fourth-order valence-corrected chi connectivity index (χ4v) is 5.69. The van der Waals surface area contributed by atoms with Gasteiger partial charge in [0.2, 0.25) is 0 Å². The van der Waals surface area contributed by atoms with E-state index in [4.69, 9.17) is 0 Å². The summed E-state index contributed by atoms with van der Waals surface area (Å²) in [5, 5.41) is 3.10. The van der Waals surface area contributed by atoms with Crippen molar-refractivity contribution in [1.82, 2.24) is 5.32 Å². The lowest BCUT2D eigenvalue weighted by Gasteiger charge is -2.24. The molecule has 6 heteroatoms. The van der Waals surface area contributed by atoms with Crippen LogP contribution >= 0.6 is 11.8 Å². The van der Waals surface area contributed by atoms with Crippen LogP contribution in [0.5, 0.6) is 0 Å². The van der Waals surface area contributed by atoms with E-state index in [1.165, 1.54) is 10.5 Å². The third-order valence-corrected chi connectivity index (χ3v) is 7.67. The number of nitrogens with one attached hydrogen (secondary N) is 2. The van der Waals surface area contributed by atoms with Crippen LogP contribution in [0.15, 0.2) is 76.5 Å². The maximum Gasteiger partial charge on any atom is 0.259 e. The van der Waals surface area contributed by atoms with Crippen LogP contribution in [0.2, 0.25) is 0 Å². The molecule has 0 saturated carbocycles. The fourth-order valence-electron chi connectivity index (χ4n) is 4.63. The van der Waals surface area contributed by atoms with E-state index in [1.807, 2.05) is 47.4 Å². The Balaban J connectivity index is 1.60. The molecule has 0 atom stereocenters. The Morgan fingerprint density at radius 3 is 2.36 bits per heavy atom. The summed E-state index contributed by atoms with van der Waals surface area (Å²) < 4.78 is 0. The van der Waals surface area contributed by atoms with Crippen molar-refractivity contribution in [3.05, 3.63) is 89.0 Å². The van der Waals surface area contributed by atoms with Crippen molar-refractivity contribution in [2.45, 2.75) is 49.9 Å². The van der Waals surface area contributed by atoms with Gasteiger partial charge in [0.05, 0.1) is 44.0 Å². The third-order valence-electron chi connectivity index (χ3n) is 6.53. The van der Waals surface area contributed by atoms with Crippen LogP contribution in [-0.2, 0) is 6.54 Å². The van der Waals surface area contributed by atoms with Gasteiger partial charge in [-0.05, 0) is 55.7 Å². The second kappa shape index (κ2) is 12.2. The zero-order valence-electron chi connectivity index (χ0n) is 21.5. The number of amides is 2. The smallest absolute Gasteiger partial charge is 0.259 e. The van der Waals surface area contributed by atoms with Crippen LogP contribution < -0.4 is 15.1 Å². The lowest BCUT2D eigenvalue weighted by atomic mass is 10.1. The van der Waals surface area contributed by atoms with Crippen LogP contribution in [-0.4, -0.2) is 38.0 Å². The predicted molar refractivity (Wildman–Crippen MR) is 147 cm³/mol. The maximum absolute atomic E-state index is 13.7. The molecule has 0 fully saturated rings. The van der Waals surface area contributed by atoms with Gasteiger partial charge in [0.1, 0.15) is 0 Å². The molecule has 2 amide bonds. The molecule has 0 radical (unpaired) electrons. The number of benzene rings is 3. The fraction of sp³-hybridized carbons (Fsp3) is 0.333. The van der Waals surface area contributed by atoms with E-state index in [-0.39, 0.29) is 11.8 Å². The molecule has 4 rings (SSSR count). The summed E-state index contributed by atoms with van der Waals surface area (Å²) in [5.74, 6) is -0.145. The van der Waals surface area contributed by atoms with Crippen molar-refractivity contribution in [2.75, 3.05) is 31.1 Å². The van der Waals surface area contributed by atoms with Crippen molar-refractivity contribution in [3.63, 3.8) is 0 Å². The van der Waals surface area contributed by atoms with Gasteiger partial charge < -0.3 is 15.1 Å². The molecule has 0 aliphatic carbocycles. The molecule has 1 aliphatic heterocycles. The van der Waals surface area contributed by atoms with Gasteiger partial charge in [0.25, 0.3) is 11.8 Å². The molecular weight excluding hydrogens is 466 g/mol. The molecule has 0 bridgehead atoms. The van der Waals surface area contributed by atoms with E-state index in [9.17, 15) is 9.59 Å². The quantitative estimate of drug-likeness (QED) is 0.421. The standard InChI is InChI=1S/C30H35N3O2S/c1-4-17-32(18-5-2)19-16-31-29(34)24-14-15-28-26(20-24)33(21-23-12-10-22(3)11-13-23)30(35)25-8-6-7-9-27(25)36-28/h6-15,20H,4-5,16-19,21H2,1-3H3,(H,31,34)/p+1. The van der Waals surface area contributed by atoms with Gasteiger partial charge in [-0.2, -0.15) is 0 Å². The minimum atomic E-state index is -0.0976. The van der Waals surface area contributed by atoms with E-state index in [0.717, 1.165) is 53.5 Å². The maximum atomic E-state index is 13.7. The molecule has 0 aromatic heterocycles. The molecule has 3 aromatic carbocycles. The van der Waals surface area contributed by atoms with Gasteiger partial charge in [0.15, 0.2) is 0 Å². The molecule has 36 heavy (non-hydrogen) atoms. The highest BCUT2D eigenvalue weighted by molar-refractivity contribution is 7.99. The Morgan fingerprint density at radius 2 is 1.64 bits per heavy atom. The molecule has 5 nitrogen and oxygen atoms in total.